The molecule has 1 aromatic heterocycles. The van der Waals surface area contributed by atoms with Crippen LogP contribution < -0.4 is 0 Å². The summed E-state index contributed by atoms with van der Waals surface area (Å²) in [5, 5.41) is 14.5. The first kappa shape index (κ1) is 14.9. The van der Waals surface area contributed by atoms with Crippen LogP contribution in [0.1, 0.15) is 5.56 Å². The van der Waals surface area contributed by atoms with Crippen molar-refractivity contribution >= 4 is 33.5 Å². The first-order valence-corrected chi connectivity index (χ1v) is 7.04. The predicted molar refractivity (Wildman–Crippen MR) is 74.0 cm³/mol. The van der Waals surface area contributed by atoms with Gasteiger partial charge in [0.25, 0.3) is 5.76 Å². The van der Waals surface area contributed by atoms with Gasteiger partial charge in [0.1, 0.15) is 4.47 Å². The number of nitro groups is 1. The molecule has 0 saturated carbocycles. The van der Waals surface area contributed by atoms with E-state index in [0.717, 1.165) is 5.56 Å². The van der Waals surface area contributed by atoms with Gasteiger partial charge < -0.3 is 10.1 Å². The lowest BCUT2D eigenvalue weighted by atomic mass is 10.2. The Labute approximate surface area is 125 Å². The molecule has 0 aliphatic rings. The van der Waals surface area contributed by atoms with Crippen LogP contribution in [0, 0.1) is 10.1 Å². The minimum atomic E-state index is -2.45. The van der Waals surface area contributed by atoms with Crippen LogP contribution in [0.3, 0.4) is 0 Å². The van der Waals surface area contributed by atoms with Crippen LogP contribution in [0.15, 0.2) is 39.8 Å². The van der Waals surface area contributed by atoms with Gasteiger partial charge in [-0.2, -0.15) is 13.5 Å². The Hall–Kier alpha value is -1.48. The molecular weight excluding hydrogens is 356 g/mol. The monoisotopic (exact) mass is 363 g/mol. The molecule has 1 heterocycles. The third kappa shape index (κ3) is 3.76. The highest BCUT2D eigenvalue weighted by Gasteiger charge is 2.18. The van der Waals surface area contributed by atoms with E-state index >= 15 is 0 Å². The molecule has 0 atom stereocenters. The van der Waals surface area contributed by atoms with Crippen molar-refractivity contribution < 1.29 is 13.7 Å². The SMILES string of the molecule is O=[N+]([O-])c1nn(Cc2ccc(SC(F)F)cc2)cc1Br. The Balaban J connectivity index is 2.10. The second kappa shape index (κ2) is 6.31. The van der Waals surface area contributed by atoms with E-state index in [0.29, 0.717) is 27.7 Å². The quantitative estimate of drug-likeness (QED) is 0.458. The van der Waals surface area contributed by atoms with E-state index < -0.39 is 10.7 Å². The van der Waals surface area contributed by atoms with Gasteiger partial charge in [-0.25, -0.2) is 0 Å². The summed E-state index contributed by atoms with van der Waals surface area (Å²) in [6.07, 6.45) is 1.50. The van der Waals surface area contributed by atoms with Crippen molar-refractivity contribution in [2.45, 2.75) is 17.2 Å². The van der Waals surface area contributed by atoms with Gasteiger partial charge in [0.15, 0.2) is 0 Å². The van der Waals surface area contributed by atoms with Crippen LogP contribution in [-0.4, -0.2) is 20.5 Å². The molecule has 0 aliphatic heterocycles. The maximum absolute atomic E-state index is 12.2. The number of benzene rings is 1. The molecule has 0 bridgehead atoms. The van der Waals surface area contributed by atoms with E-state index in [9.17, 15) is 18.9 Å². The highest BCUT2D eigenvalue weighted by Crippen LogP contribution is 2.26. The van der Waals surface area contributed by atoms with E-state index in [1.54, 1.807) is 24.3 Å². The lowest BCUT2D eigenvalue weighted by Gasteiger charge is -2.02. The second-order valence-corrected chi connectivity index (χ2v) is 5.70. The molecule has 0 amide bonds. The zero-order valence-electron chi connectivity index (χ0n) is 9.87. The maximum Gasteiger partial charge on any atom is 0.404 e. The predicted octanol–water partition coefficient (Wildman–Crippen LogP) is 3.92. The summed E-state index contributed by atoms with van der Waals surface area (Å²) in [5.41, 5.74) is 0.813. The first-order valence-electron chi connectivity index (χ1n) is 5.37. The molecule has 0 aliphatic carbocycles. The number of alkyl halides is 2. The fraction of sp³-hybridized carbons (Fsp3) is 0.182. The Kier molecular flexibility index (Phi) is 4.71. The standard InChI is InChI=1S/C11H8BrF2N3O2S/c12-9-6-16(15-10(9)17(18)19)5-7-1-3-8(4-2-7)20-11(13)14/h1-4,6,11H,5H2. The van der Waals surface area contributed by atoms with Gasteiger partial charge in [-0.1, -0.05) is 23.9 Å². The van der Waals surface area contributed by atoms with Gasteiger partial charge in [0.2, 0.25) is 0 Å². The second-order valence-electron chi connectivity index (χ2n) is 3.78. The average Bonchev–Trinajstić information content (AvgIpc) is 2.72. The molecule has 0 N–H and O–H groups in total. The van der Waals surface area contributed by atoms with E-state index in [1.807, 2.05) is 0 Å². The van der Waals surface area contributed by atoms with Gasteiger partial charge in [0, 0.05) is 4.90 Å². The number of aromatic nitrogens is 2. The van der Waals surface area contributed by atoms with Crippen molar-refractivity contribution in [2.24, 2.45) is 0 Å². The zero-order valence-corrected chi connectivity index (χ0v) is 12.3. The lowest BCUT2D eigenvalue weighted by molar-refractivity contribution is -0.390. The minimum Gasteiger partial charge on any atom is -0.358 e. The maximum atomic E-state index is 12.2. The number of hydrogen-bond donors (Lipinski definition) is 0. The average molecular weight is 364 g/mol. The Morgan fingerprint density at radius 3 is 2.55 bits per heavy atom. The van der Waals surface area contributed by atoms with Crippen LogP contribution in [0.5, 0.6) is 0 Å². The Morgan fingerprint density at radius 1 is 1.40 bits per heavy atom. The molecule has 2 rings (SSSR count). The van der Waals surface area contributed by atoms with Gasteiger partial charge >= 0.3 is 5.82 Å². The minimum absolute atomic E-state index is 0.255. The van der Waals surface area contributed by atoms with Crippen molar-refractivity contribution in [3.05, 3.63) is 50.6 Å². The summed E-state index contributed by atoms with van der Waals surface area (Å²) < 4.78 is 26.1. The molecule has 0 spiro atoms. The van der Waals surface area contributed by atoms with Gasteiger partial charge in [-0.15, -0.1) is 0 Å². The van der Waals surface area contributed by atoms with Crippen LogP contribution >= 0.6 is 27.7 Å². The molecule has 20 heavy (non-hydrogen) atoms. The number of thioether (sulfide) groups is 1. The van der Waals surface area contributed by atoms with Crippen molar-refractivity contribution in [1.82, 2.24) is 9.78 Å². The molecule has 0 fully saturated rings. The molecule has 1 aromatic carbocycles. The molecule has 5 nitrogen and oxygen atoms in total. The highest BCUT2D eigenvalue weighted by molar-refractivity contribution is 9.10. The van der Waals surface area contributed by atoms with E-state index in [2.05, 4.69) is 21.0 Å². The fourth-order valence-electron chi connectivity index (χ4n) is 1.55. The number of nitrogens with zero attached hydrogens (tertiary/aromatic N) is 3. The molecule has 0 unspecified atom stereocenters. The van der Waals surface area contributed by atoms with E-state index in [1.165, 1.54) is 10.9 Å². The van der Waals surface area contributed by atoms with Gasteiger partial charge in [-0.05, 0) is 38.5 Å². The summed E-state index contributed by atoms with van der Waals surface area (Å²) >= 11 is 3.53. The summed E-state index contributed by atoms with van der Waals surface area (Å²) in [7, 11) is 0. The third-order valence-corrected chi connectivity index (χ3v) is 3.65. The highest BCUT2D eigenvalue weighted by atomic mass is 79.9. The normalized spacial score (nSPS) is 11.0. The van der Waals surface area contributed by atoms with E-state index in [-0.39, 0.29) is 5.82 Å². The zero-order chi connectivity index (χ0) is 14.7. The summed E-state index contributed by atoms with van der Waals surface area (Å²) in [6, 6.07) is 6.54. The molecule has 2 aromatic rings. The number of rotatable bonds is 5. The summed E-state index contributed by atoms with van der Waals surface area (Å²) in [6.45, 7) is 0.325. The molecule has 9 heteroatoms. The number of hydrogen-bond acceptors (Lipinski definition) is 4. The largest absolute Gasteiger partial charge is 0.404 e. The molecule has 0 radical (unpaired) electrons. The Morgan fingerprint density at radius 2 is 2.05 bits per heavy atom. The van der Waals surface area contributed by atoms with Crippen molar-refractivity contribution in [2.75, 3.05) is 0 Å². The lowest BCUT2D eigenvalue weighted by Crippen LogP contribution is -2.01. The van der Waals surface area contributed by atoms with Crippen LogP contribution in [0.2, 0.25) is 0 Å². The summed E-state index contributed by atoms with van der Waals surface area (Å²) in [4.78, 5) is 10.5. The first-order chi connectivity index (χ1) is 9.45. The third-order valence-electron chi connectivity index (χ3n) is 2.37. The molecule has 0 saturated heterocycles. The molecular formula is C11H8BrF2N3O2S. The van der Waals surface area contributed by atoms with Crippen molar-refractivity contribution in [3.8, 4) is 0 Å². The van der Waals surface area contributed by atoms with Crippen LogP contribution in [0.25, 0.3) is 0 Å². The van der Waals surface area contributed by atoms with Gasteiger partial charge in [-0.3, -0.25) is 0 Å². The fourth-order valence-corrected chi connectivity index (χ4v) is 2.51. The molecule has 106 valence electrons. The van der Waals surface area contributed by atoms with Crippen LogP contribution in [-0.2, 0) is 6.54 Å². The summed E-state index contributed by atoms with van der Waals surface area (Å²) in [5.74, 6) is -2.71. The van der Waals surface area contributed by atoms with Gasteiger partial charge in [0.05, 0.1) is 17.8 Å². The smallest absolute Gasteiger partial charge is 0.358 e. The van der Waals surface area contributed by atoms with Crippen molar-refractivity contribution in [1.29, 1.82) is 0 Å². The Bertz CT molecular complexity index is 619. The van der Waals surface area contributed by atoms with Crippen molar-refractivity contribution in [3.63, 3.8) is 0 Å². The van der Waals surface area contributed by atoms with E-state index in [4.69, 9.17) is 0 Å². The topological polar surface area (TPSA) is 61.0 Å². The number of halogens is 3. The van der Waals surface area contributed by atoms with Crippen LogP contribution in [0.4, 0.5) is 14.6 Å².